The first-order chi connectivity index (χ1) is 10.3. The number of para-hydroxylation sites is 2. The van der Waals surface area contributed by atoms with Crippen molar-refractivity contribution in [2.75, 3.05) is 0 Å². The van der Waals surface area contributed by atoms with E-state index in [1.54, 1.807) is 0 Å². The fourth-order valence-corrected chi connectivity index (χ4v) is 3.59. The van der Waals surface area contributed by atoms with E-state index in [9.17, 15) is 0 Å². The van der Waals surface area contributed by atoms with Gasteiger partial charge in [-0.15, -0.1) is 0 Å². The molecule has 3 aromatic rings. The predicted molar refractivity (Wildman–Crippen MR) is 80.1 cm³/mol. The zero-order chi connectivity index (χ0) is 14.1. The van der Waals surface area contributed by atoms with E-state index in [0.29, 0.717) is 0 Å². The van der Waals surface area contributed by atoms with Crippen LogP contribution in [0.15, 0.2) is 42.5 Å². The largest absolute Gasteiger partial charge is 0.452 e. The van der Waals surface area contributed by atoms with Crippen LogP contribution in [0.3, 0.4) is 0 Å². The van der Waals surface area contributed by atoms with Gasteiger partial charge in [-0.05, 0) is 18.2 Å². The van der Waals surface area contributed by atoms with Gasteiger partial charge in [0.15, 0.2) is 11.4 Å². The van der Waals surface area contributed by atoms with Crippen LogP contribution in [0.5, 0.6) is 11.5 Å². The number of rotatable bonds is 0. The Balaban J connectivity index is 2.02. The molecule has 0 radical (unpaired) electrons. The lowest BCUT2D eigenvalue weighted by Crippen LogP contribution is -2.33. The Bertz CT molecular complexity index is 921. The summed E-state index contributed by atoms with van der Waals surface area (Å²) in [5, 5.41) is 0. The van der Waals surface area contributed by atoms with Crippen molar-refractivity contribution in [2.24, 2.45) is 0 Å². The summed E-state index contributed by atoms with van der Waals surface area (Å²) in [5.74, 6) is 3.13. The maximum Gasteiger partial charge on any atom is 0.299 e. The van der Waals surface area contributed by atoms with E-state index in [1.165, 1.54) is 28.3 Å². The molecule has 102 valence electrons. The summed E-state index contributed by atoms with van der Waals surface area (Å²) >= 11 is 0. The molecule has 0 bridgehead atoms. The summed E-state index contributed by atoms with van der Waals surface area (Å²) in [5.41, 5.74) is 6.31. The lowest BCUT2D eigenvalue weighted by Gasteiger charge is -2.06. The normalized spacial score (nSPS) is 13.4. The van der Waals surface area contributed by atoms with Crippen LogP contribution in [0, 0.1) is 13.8 Å². The molecule has 3 heteroatoms. The van der Waals surface area contributed by atoms with Crippen molar-refractivity contribution < 1.29 is 9.30 Å². The molecule has 3 heterocycles. The van der Waals surface area contributed by atoms with E-state index < -0.39 is 0 Å². The van der Waals surface area contributed by atoms with Gasteiger partial charge in [0, 0.05) is 19.4 Å². The molecule has 0 aliphatic carbocycles. The molecule has 0 saturated heterocycles. The lowest BCUT2D eigenvalue weighted by molar-refractivity contribution is -0.677. The van der Waals surface area contributed by atoms with Gasteiger partial charge in [0.25, 0.3) is 5.82 Å². The standard InChI is InChI=1S/C18H15N2O/c1-11-12(2)20-14-7-3-4-8-15(14)21-16-9-5-6-13-10-19(11)18(20)17(13)16/h3-9H,10H2,1-2H3/q+1. The second-order valence-electron chi connectivity index (χ2n) is 5.78. The van der Waals surface area contributed by atoms with Gasteiger partial charge in [-0.1, -0.05) is 24.3 Å². The molecule has 2 aliphatic rings. The minimum atomic E-state index is 0.918. The first-order valence-corrected chi connectivity index (χ1v) is 7.27. The Morgan fingerprint density at radius 2 is 1.81 bits per heavy atom. The zero-order valence-corrected chi connectivity index (χ0v) is 12.1. The average Bonchev–Trinajstić information content (AvgIpc) is 2.92. The van der Waals surface area contributed by atoms with Gasteiger partial charge in [-0.3, -0.25) is 0 Å². The summed E-state index contributed by atoms with van der Waals surface area (Å²) in [4.78, 5) is 0. The third-order valence-electron chi connectivity index (χ3n) is 4.72. The van der Waals surface area contributed by atoms with Crippen molar-refractivity contribution in [1.29, 1.82) is 0 Å². The van der Waals surface area contributed by atoms with Gasteiger partial charge < -0.3 is 4.74 Å². The molecule has 0 unspecified atom stereocenters. The van der Waals surface area contributed by atoms with Crippen molar-refractivity contribution >= 4 is 0 Å². The number of benzene rings is 2. The van der Waals surface area contributed by atoms with E-state index in [2.05, 4.69) is 53.3 Å². The van der Waals surface area contributed by atoms with Gasteiger partial charge >= 0.3 is 0 Å². The molecule has 0 N–H and O–H groups in total. The number of ether oxygens (including phenoxy) is 1. The monoisotopic (exact) mass is 275 g/mol. The number of imidazole rings is 1. The van der Waals surface area contributed by atoms with E-state index in [0.717, 1.165) is 23.7 Å². The molecule has 5 rings (SSSR count). The summed E-state index contributed by atoms with van der Waals surface area (Å²) in [6, 6.07) is 14.6. The molecule has 1 aromatic heterocycles. The van der Waals surface area contributed by atoms with Gasteiger partial charge in [0.1, 0.15) is 29.2 Å². The minimum Gasteiger partial charge on any atom is -0.452 e. The van der Waals surface area contributed by atoms with E-state index in [1.807, 2.05) is 12.1 Å². The summed E-state index contributed by atoms with van der Waals surface area (Å²) < 4.78 is 11.0. The summed E-state index contributed by atoms with van der Waals surface area (Å²) in [7, 11) is 0. The maximum absolute atomic E-state index is 6.22. The van der Waals surface area contributed by atoms with Crippen LogP contribution >= 0.6 is 0 Å². The fraction of sp³-hybridized carbons (Fsp3) is 0.167. The Morgan fingerprint density at radius 3 is 2.71 bits per heavy atom. The topological polar surface area (TPSA) is 18.0 Å². The molecule has 21 heavy (non-hydrogen) atoms. The van der Waals surface area contributed by atoms with Crippen molar-refractivity contribution in [3.05, 3.63) is 59.4 Å². The van der Waals surface area contributed by atoms with Crippen LogP contribution in [0.1, 0.15) is 17.0 Å². The number of fused-ring (bicyclic) bond motifs is 2. The van der Waals surface area contributed by atoms with Crippen LogP contribution < -0.4 is 9.30 Å². The highest BCUT2D eigenvalue weighted by molar-refractivity contribution is 5.74. The Labute approximate surface area is 123 Å². The Morgan fingerprint density at radius 1 is 1.00 bits per heavy atom. The molecular formula is C18H15N2O+. The average molecular weight is 275 g/mol. The Hall–Kier alpha value is -2.55. The number of nitrogens with zero attached hydrogens (tertiary/aromatic N) is 2. The van der Waals surface area contributed by atoms with Crippen molar-refractivity contribution in [3.63, 3.8) is 0 Å². The fourth-order valence-electron chi connectivity index (χ4n) is 3.59. The third kappa shape index (κ3) is 1.22. The highest BCUT2D eigenvalue weighted by Crippen LogP contribution is 2.45. The molecule has 3 nitrogen and oxygen atoms in total. The minimum absolute atomic E-state index is 0.918. The molecular weight excluding hydrogens is 260 g/mol. The first kappa shape index (κ1) is 11.1. The van der Waals surface area contributed by atoms with Gasteiger partial charge in [-0.2, -0.15) is 4.57 Å². The molecule has 2 aromatic carbocycles. The van der Waals surface area contributed by atoms with Gasteiger partial charge in [0.05, 0.1) is 0 Å². The van der Waals surface area contributed by atoms with E-state index >= 15 is 0 Å². The van der Waals surface area contributed by atoms with Crippen LogP contribution in [0.2, 0.25) is 0 Å². The molecule has 0 amide bonds. The van der Waals surface area contributed by atoms with Gasteiger partial charge in [0.2, 0.25) is 0 Å². The highest BCUT2D eigenvalue weighted by atomic mass is 16.5. The quantitative estimate of drug-likeness (QED) is 0.395. The predicted octanol–water partition coefficient (Wildman–Crippen LogP) is 3.52. The molecule has 0 fully saturated rings. The SMILES string of the molecule is Cc1c(C)[n+]2c3n1-c1ccccc1Oc1cccc(c1-3)C2. The molecule has 0 saturated carbocycles. The van der Waals surface area contributed by atoms with Crippen LogP contribution in [0.25, 0.3) is 17.1 Å². The molecule has 0 atom stereocenters. The molecule has 2 aliphatic heterocycles. The maximum atomic E-state index is 6.22. The molecule has 0 spiro atoms. The first-order valence-electron chi connectivity index (χ1n) is 7.27. The highest BCUT2D eigenvalue weighted by Gasteiger charge is 2.40. The third-order valence-corrected chi connectivity index (χ3v) is 4.72. The number of aromatic nitrogens is 2. The summed E-state index contributed by atoms with van der Waals surface area (Å²) in [6.45, 7) is 5.32. The van der Waals surface area contributed by atoms with Crippen molar-refractivity contribution in [3.8, 4) is 28.6 Å². The van der Waals surface area contributed by atoms with Crippen LogP contribution in [0.4, 0.5) is 0 Å². The van der Waals surface area contributed by atoms with Crippen molar-refractivity contribution in [2.45, 2.75) is 20.4 Å². The number of hydrogen-bond donors (Lipinski definition) is 0. The van der Waals surface area contributed by atoms with Crippen molar-refractivity contribution in [1.82, 2.24) is 4.57 Å². The smallest absolute Gasteiger partial charge is 0.299 e. The lowest BCUT2D eigenvalue weighted by atomic mass is 10.1. The second-order valence-corrected chi connectivity index (χ2v) is 5.78. The van der Waals surface area contributed by atoms with Gasteiger partial charge in [-0.25, -0.2) is 4.57 Å². The zero-order valence-electron chi connectivity index (χ0n) is 12.1. The summed E-state index contributed by atoms with van der Waals surface area (Å²) in [6.07, 6.45) is 0. The van der Waals surface area contributed by atoms with E-state index in [4.69, 9.17) is 4.74 Å². The Kier molecular flexibility index (Phi) is 1.89. The van der Waals surface area contributed by atoms with Crippen LogP contribution in [-0.4, -0.2) is 4.57 Å². The van der Waals surface area contributed by atoms with Crippen LogP contribution in [-0.2, 0) is 6.54 Å². The van der Waals surface area contributed by atoms with E-state index in [-0.39, 0.29) is 0 Å². The second kappa shape index (κ2) is 3.55. The number of hydrogen-bond acceptors (Lipinski definition) is 1.